The molecule has 0 unspecified atom stereocenters. The van der Waals surface area contributed by atoms with Crippen LogP contribution in [-0.2, 0) is 9.59 Å². The van der Waals surface area contributed by atoms with E-state index in [-0.39, 0.29) is 12.8 Å². The molecule has 0 heterocycles. The molecule has 6 nitrogen and oxygen atoms in total. The van der Waals surface area contributed by atoms with Crippen LogP contribution in [0.1, 0.15) is 52.4 Å². The molecule has 0 aromatic rings. The number of primary amides is 2. The van der Waals surface area contributed by atoms with Crippen molar-refractivity contribution in [3.63, 3.8) is 0 Å². The fourth-order valence-corrected chi connectivity index (χ4v) is 1.93. The minimum absolute atomic E-state index is 0.0814. The predicted octanol–water partition coefficient (Wildman–Crippen LogP) is -0.200. The monoisotopic (exact) mass is 260 g/mol. The maximum atomic E-state index is 11.4. The zero-order valence-electron chi connectivity index (χ0n) is 11.1. The highest BCUT2D eigenvalue weighted by atomic mass is 16.4. The Balaban J connectivity index is 5.34. The second kappa shape index (κ2) is 6.70. The Morgan fingerprint density at radius 1 is 0.889 bits per heavy atom. The number of aliphatic hydroxyl groups is 2. The maximum Gasteiger partial charge on any atom is 0.253 e. The van der Waals surface area contributed by atoms with Gasteiger partial charge in [0.2, 0.25) is 0 Å². The van der Waals surface area contributed by atoms with Gasteiger partial charge in [0.25, 0.3) is 11.8 Å². The highest BCUT2D eigenvalue weighted by molar-refractivity contribution is 5.95. The van der Waals surface area contributed by atoms with Crippen LogP contribution in [0.4, 0.5) is 0 Å². The Bertz CT molecular complexity index is 278. The van der Waals surface area contributed by atoms with Crippen molar-refractivity contribution in [1.29, 1.82) is 0 Å². The molecule has 0 aromatic heterocycles. The SMILES string of the molecule is CCCC[C@](O)(C(N)=O)[C@](O)(CCCC)C(N)=O. The largest absolute Gasteiger partial charge is 0.377 e. The van der Waals surface area contributed by atoms with Gasteiger partial charge in [-0.3, -0.25) is 9.59 Å². The van der Waals surface area contributed by atoms with Crippen molar-refractivity contribution in [3.05, 3.63) is 0 Å². The van der Waals surface area contributed by atoms with Crippen LogP contribution in [0, 0.1) is 0 Å². The third-order valence-electron chi connectivity index (χ3n) is 3.28. The van der Waals surface area contributed by atoms with E-state index >= 15 is 0 Å². The first-order valence-corrected chi connectivity index (χ1v) is 6.30. The second-order valence-corrected chi connectivity index (χ2v) is 4.66. The summed E-state index contributed by atoms with van der Waals surface area (Å²) in [6, 6.07) is 0. The van der Waals surface area contributed by atoms with Crippen molar-refractivity contribution in [2.45, 2.75) is 63.6 Å². The Hall–Kier alpha value is -1.14. The first-order valence-electron chi connectivity index (χ1n) is 6.30. The van der Waals surface area contributed by atoms with Gasteiger partial charge in [0.15, 0.2) is 11.2 Å². The van der Waals surface area contributed by atoms with Gasteiger partial charge in [-0.25, -0.2) is 0 Å². The van der Waals surface area contributed by atoms with E-state index in [0.29, 0.717) is 25.7 Å². The van der Waals surface area contributed by atoms with Gasteiger partial charge in [-0.2, -0.15) is 0 Å². The van der Waals surface area contributed by atoms with Gasteiger partial charge < -0.3 is 21.7 Å². The molecule has 0 bridgehead atoms. The summed E-state index contributed by atoms with van der Waals surface area (Å²) in [5.41, 5.74) is 5.70. The first-order chi connectivity index (χ1) is 8.26. The minimum Gasteiger partial charge on any atom is -0.377 e. The summed E-state index contributed by atoms with van der Waals surface area (Å²) in [5, 5.41) is 20.6. The number of hydrogen-bond donors (Lipinski definition) is 4. The van der Waals surface area contributed by atoms with Crippen molar-refractivity contribution >= 4 is 11.8 Å². The van der Waals surface area contributed by atoms with Crippen molar-refractivity contribution in [2.24, 2.45) is 11.5 Å². The van der Waals surface area contributed by atoms with Crippen molar-refractivity contribution < 1.29 is 19.8 Å². The van der Waals surface area contributed by atoms with Crippen LogP contribution in [0.2, 0.25) is 0 Å². The smallest absolute Gasteiger partial charge is 0.253 e. The first kappa shape index (κ1) is 16.9. The normalized spacial score (nSPS) is 17.8. The Morgan fingerprint density at radius 2 is 1.17 bits per heavy atom. The number of rotatable bonds is 9. The number of hydrogen-bond acceptors (Lipinski definition) is 4. The van der Waals surface area contributed by atoms with Crippen LogP contribution in [-0.4, -0.2) is 33.2 Å². The molecule has 0 rings (SSSR count). The lowest BCUT2D eigenvalue weighted by molar-refractivity contribution is -0.185. The zero-order valence-corrected chi connectivity index (χ0v) is 11.1. The molecule has 6 N–H and O–H groups in total. The van der Waals surface area contributed by atoms with Crippen molar-refractivity contribution in [1.82, 2.24) is 0 Å². The average molecular weight is 260 g/mol. The van der Waals surface area contributed by atoms with Crippen molar-refractivity contribution in [3.8, 4) is 0 Å². The molecular formula is C12H24N2O4. The number of nitrogens with two attached hydrogens (primary N) is 2. The number of unbranched alkanes of at least 4 members (excludes halogenated alkanes) is 2. The van der Waals surface area contributed by atoms with Gasteiger partial charge in [0.1, 0.15) is 0 Å². The van der Waals surface area contributed by atoms with E-state index in [1.54, 1.807) is 0 Å². The topological polar surface area (TPSA) is 127 Å². The second-order valence-electron chi connectivity index (χ2n) is 4.66. The lowest BCUT2D eigenvalue weighted by Crippen LogP contribution is -2.67. The van der Waals surface area contributed by atoms with Gasteiger partial charge in [-0.1, -0.05) is 39.5 Å². The summed E-state index contributed by atoms with van der Waals surface area (Å²) < 4.78 is 0. The Kier molecular flexibility index (Phi) is 6.28. The molecule has 2 amide bonds. The van der Waals surface area contributed by atoms with E-state index in [1.165, 1.54) is 0 Å². The molecule has 0 aromatic carbocycles. The molecular weight excluding hydrogens is 236 g/mol. The third kappa shape index (κ3) is 3.20. The van der Waals surface area contributed by atoms with Crippen LogP contribution in [0.5, 0.6) is 0 Å². The van der Waals surface area contributed by atoms with Crippen molar-refractivity contribution in [2.75, 3.05) is 0 Å². The molecule has 0 aliphatic carbocycles. The molecule has 0 radical (unpaired) electrons. The fraction of sp³-hybridized carbons (Fsp3) is 0.833. The Labute approximate surface area is 107 Å². The van der Waals surface area contributed by atoms with E-state index in [0.717, 1.165) is 0 Å². The van der Waals surface area contributed by atoms with Crippen LogP contribution >= 0.6 is 0 Å². The lowest BCUT2D eigenvalue weighted by Gasteiger charge is -2.39. The molecule has 0 saturated carbocycles. The molecule has 0 saturated heterocycles. The summed E-state index contributed by atoms with van der Waals surface area (Å²) in [6.45, 7) is 3.72. The quantitative estimate of drug-likeness (QED) is 0.458. The van der Waals surface area contributed by atoms with E-state index in [9.17, 15) is 19.8 Å². The van der Waals surface area contributed by atoms with Gasteiger partial charge in [-0.15, -0.1) is 0 Å². The number of carbonyl (C=O) groups is 2. The number of amides is 2. The summed E-state index contributed by atoms with van der Waals surface area (Å²) in [7, 11) is 0. The summed E-state index contributed by atoms with van der Waals surface area (Å²) in [6.07, 6.45) is 2.14. The standard InChI is InChI=1S/C12H24N2O4/c1-3-5-7-11(17,9(13)15)12(18,10(14)16)8-6-4-2/h17-18H,3-8H2,1-2H3,(H2,13,15)(H2,14,16)/t11-,12-/m0/s1. The molecule has 106 valence electrons. The van der Waals surface area contributed by atoms with E-state index in [2.05, 4.69) is 0 Å². The van der Waals surface area contributed by atoms with Crippen LogP contribution in [0.15, 0.2) is 0 Å². The van der Waals surface area contributed by atoms with E-state index in [1.807, 2.05) is 13.8 Å². The van der Waals surface area contributed by atoms with E-state index < -0.39 is 23.0 Å². The predicted molar refractivity (Wildman–Crippen MR) is 67.3 cm³/mol. The zero-order chi connectivity index (χ0) is 14.4. The summed E-state index contributed by atoms with van der Waals surface area (Å²) in [5.74, 6) is -2.23. The summed E-state index contributed by atoms with van der Waals surface area (Å²) in [4.78, 5) is 22.9. The average Bonchev–Trinajstić information content (AvgIpc) is 2.32. The Morgan fingerprint density at radius 3 is 1.33 bits per heavy atom. The van der Waals surface area contributed by atoms with Gasteiger partial charge >= 0.3 is 0 Å². The molecule has 0 fully saturated rings. The van der Waals surface area contributed by atoms with Crippen LogP contribution < -0.4 is 11.5 Å². The van der Waals surface area contributed by atoms with Gasteiger partial charge in [0, 0.05) is 0 Å². The molecule has 18 heavy (non-hydrogen) atoms. The van der Waals surface area contributed by atoms with Gasteiger partial charge in [-0.05, 0) is 12.8 Å². The minimum atomic E-state index is -2.30. The van der Waals surface area contributed by atoms with Gasteiger partial charge in [0.05, 0.1) is 0 Å². The summed E-state index contributed by atoms with van der Waals surface area (Å²) >= 11 is 0. The highest BCUT2D eigenvalue weighted by Crippen LogP contribution is 2.32. The molecule has 0 aliphatic heterocycles. The maximum absolute atomic E-state index is 11.4. The third-order valence-corrected chi connectivity index (χ3v) is 3.28. The molecule has 0 aliphatic rings. The molecule has 2 atom stereocenters. The van der Waals surface area contributed by atoms with Crippen LogP contribution in [0.25, 0.3) is 0 Å². The lowest BCUT2D eigenvalue weighted by atomic mass is 9.75. The fourth-order valence-electron chi connectivity index (χ4n) is 1.93. The molecule has 6 heteroatoms. The molecule has 0 spiro atoms. The van der Waals surface area contributed by atoms with E-state index in [4.69, 9.17) is 11.5 Å². The number of carbonyl (C=O) groups excluding carboxylic acids is 2. The van der Waals surface area contributed by atoms with Crippen LogP contribution in [0.3, 0.4) is 0 Å². The highest BCUT2D eigenvalue weighted by Gasteiger charge is 2.56.